The molecule has 8 heteroatoms. The first-order valence-corrected chi connectivity index (χ1v) is 9.06. The van der Waals surface area contributed by atoms with Gasteiger partial charge in [0.25, 0.3) is 10.0 Å². The Balaban J connectivity index is 2.64. The molecule has 2 aromatic carbocycles. The third-order valence-electron chi connectivity index (χ3n) is 3.14. The molecule has 1 unspecified atom stereocenters. The molecule has 0 heterocycles. The molecule has 122 valence electrons. The van der Waals surface area contributed by atoms with Crippen LogP contribution in [0.1, 0.15) is 6.92 Å². The number of hydrogen-bond acceptors (Lipinski definition) is 3. The van der Waals surface area contributed by atoms with Gasteiger partial charge < -0.3 is 0 Å². The lowest BCUT2D eigenvalue weighted by Crippen LogP contribution is -2.42. The smallest absolute Gasteiger partial charge is 0.265 e. The number of carbonyl (C=O) groups excluding carboxylic acids is 1. The van der Waals surface area contributed by atoms with E-state index < -0.39 is 21.3 Å². The van der Waals surface area contributed by atoms with Gasteiger partial charge in [-0.25, -0.2) is 8.42 Å². The summed E-state index contributed by atoms with van der Waals surface area (Å²) < 4.78 is 26.8. The van der Waals surface area contributed by atoms with Crippen LogP contribution in [0.25, 0.3) is 0 Å². The van der Waals surface area contributed by atoms with Gasteiger partial charge >= 0.3 is 0 Å². The zero-order valence-electron chi connectivity index (χ0n) is 11.9. The highest BCUT2D eigenvalue weighted by atomic mass is 35.5. The Morgan fingerprint density at radius 1 is 1.04 bits per heavy atom. The second kappa shape index (κ2) is 7.09. The van der Waals surface area contributed by atoms with Crippen molar-refractivity contribution >= 4 is 55.8 Å². The molecule has 23 heavy (non-hydrogen) atoms. The predicted octanol–water partition coefficient (Wildman–Crippen LogP) is 4.34. The van der Waals surface area contributed by atoms with Crippen LogP contribution in [0.3, 0.4) is 0 Å². The molecule has 0 bridgehead atoms. The van der Waals surface area contributed by atoms with Gasteiger partial charge in [-0.15, -0.1) is 0 Å². The number of benzene rings is 2. The highest BCUT2D eigenvalue weighted by Crippen LogP contribution is 2.33. The summed E-state index contributed by atoms with van der Waals surface area (Å²) in [5, 5.41) is -0.230. The molecular formula is C15H12Cl3NO3S. The van der Waals surface area contributed by atoms with Crippen LogP contribution >= 0.6 is 34.8 Å². The molecule has 0 fully saturated rings. The molecule has 0 radical (unpaired) electrons. The summed E-state index contributed by atoms with van der Waals surface area (Å²) in [7, 11) is -4.05. The summed E-state index contributed by atoms with van der Waals surface area (Å²) in [6, 6.07) is 10.8. The second-order valence-corrected chi connectivity index (χ2v) is 7.72. The minimum absolute atomic E-state index is 0.0217. The molecule has 0 amide bonds. The van der Waals surface area contributed by atoms with Crippen molar-refractivity contribution in [3.63, 3.8) is 0 Å². The number of nitrogens with zero attached hydrogens (tertiary/aromatic N) is 1. The summed E-state index contributed by atoms with van der Waals surface area (Å²) in [5.74, 6) is 0. The van der Waals surface area contributed by atoms with E-state index in [1.807, 2.05) is 0 Å². The standard InChI is InChI=1S/C15H12Cl3NO3S/c1-10(15(18)20)19(14-5-3-2-4-13(14)17)23(21,22)12-8-6-11(16)7-9-12/h2-10H,1H3. The molecule has 0 spiro atoms. The Hall–Kier alpha value is -1.27. The maximum atomic E-state index is 13.0. The third-order valence-corrected chi connectivity index (χ3v) is 5.93. The number of sulfonamides is 1. The van der Waals surface area contributed by atoms with Gasteiger partial charge in [-0.1, -0.05) is 35.3 Å². The van der Waals surface area contributed by atoms with Gasteiger partial charge in [0.15, 0.2) is 0 Å². The Morgan fingerprint density at radius 2 is 1.61 bits per heavy atom. The van der Waals surface area contributed by atoms with E-state index in [1.54, 1.807) is 12.1 Å². The van der Waals surface area contributed by atoms with Crippen LogP contribution in [0, 0.1) is 0 Å². The highest BCUT2D eigenvalue weighted by Gasteiger charge is 2.33. The molecule has 2 rings (SSSR count). The van der Waals surface area contributed by atoms with E-state index in [0.717, 1.165) is 4.31 Å². The van der Waals surface area contributed by atoms with Crippen LogP contribution in [0.2, 0.25) is 10.0 Å². The van der Waals surface area contributed by atoms with Gasteiger partial charge in [0.05, 0.1) is 15.6 Å². The first-order chi connectivity index (χ1) is 10.7. The lowest BCUT2D eigenvalue weighted by Gasteiger charge is -2.29. The molecular weight excluding hydrogens is 381 g/mol. The van der Waals surface area contributed by atoms with Crippen molar-refractivity contribution in [2.45, 2.75) is 17.9 Å². The maximum absolute atomic E-state index is 13.0. The minimum atomic E-state index is -4.05. The van der Waals surface area contributed by atoms with E-state index in [2.05, 4.69) is 0 Å². The predicted molar refractivity (Wildman–Crippen MR) is 92.9 cm³/mol. The first-order valence-electron chi connectivity index (χ1n) is 6.49. The third kappa shape index (κ3) is 3.80. The van der Waals surface area contributed by atoms with Crippen molar-refractivity contribution in [1.82, 2.24) is 0 Å². The number of carbonyl (C=O) groups is 1. The number of para-hydroxylation sites is 1. The average molecular weight is 393 g/mol. The van der Waals surface area contributed by atoms with Crippen molar-refractivity contribution < 1.29 is 13.2 Å². The van der Waals surface area contributed by atoms with Crippen LogP contribution in [-0.4, -0.2) is 19.7 Å². The number of halogens is 3. The van der Waals surface area contributed by atoms with E-state index in [9.17, 15) is 13.2 Å². The summed E-state index contributed by atoms with van der Waals surface area (Å²) >= 11 is 17.4. The molecule has 0 aliphatic heterocycles. The molecule has 0 aromatic heterocycles. The zero-order chi connectivity index (χ0) is 17.2. The molecule has 0 saturated carbocycles. The Labute approximate surface area is 149 Å². The van der Waals surface area contributed by atoms with Crippen LogP contribution in [-0.2, 0) is 14.8 Å². The number of rotatable bonds is 5. The normalized spacial score (nSPS) is 12.7. The van der Waals surface area contributed by atoms with Crippen LogP contribution in [0.15, 0.2) is 53.4 Å². The van der Waals surface area contributed by atoms with Gasteiger partial charge in [-0.3, -0.25) is 9.10 Å². The van der Waals surface area contributed by atoms with Gasteiger partial charge in [-0.05, 0) is 54.9 Å². The monoisotopic (exact) mass is 391 g/mol. The summed E-state index contributed by atoms with van der Waals surface area (Å²) in [6.45, 7) is 1.39. The fourth-order valence-electron chi connectivity index (χ4n) is 1.99. The molecule has 0 N–H and O–H groups in total. The number of hydrogen-bond donors (Lipinski definition) is 0. The Bertz CT molecular complexity index is 822. The molecule has 2 aromatic rings. The molecule has 0 aliphatic rings. The van der Waals surface area contributed by atoms with Gasteiger partial charge in [0.1, 0.15) is 6.04 Å². The Morgan fingerprint density at radius 3 is 2.13 bits per heavy atom. The highest BCUT2D eigenvalue weighted by molar-refractivity contribution is 7.93. The Kier molecular flexibility index (Phi) is 5.57. The van der Waals surface area contributed by atoms with E-state index in [4.69, 9.17) is 34.8 Å². The van der Waals surface area contributed by atoms with Crippen LogP contribution in [0.4, 0.5) is 5.69 Å². The first kappa shape index (κ1) is 18.1. The van der Waals surface area contributed by atoms with E-state index >= 15 is 0 Å². The van der Waals surface area contributed by atoms with E-state index in [-0.39, 0.29) is 15.6 Å². The fourth-order valence-corrected chi connectivity index (χ4v) is 4.18. The van der Waals surface area contributed by atoms with Crippen LogP contribution in [0.5, 0.6) is 0 Å². The van der Waals surface area contributed by atoms with E-state index in [1.165, 1.54) is 43.3 Å². The van der Waals surface area contributed by atoms with Crippen molar-refractivity contribution in [3.8, 4) is 0 Å². The zero-order valence-corrected chi connectivity index (χ0v) is 15.0. The average Bonchev–Trinajstić information content (AvgIpc) is 2.49. The number of anilines is 1. The lowest BCUT2D eigenvalue weighted by molar-refractivity contribution is -0.112. The van der Waals surface area contributed by atoms with Gasteiger partial charge in [0.2, 0.25) is 5.24 Å². The van der Waals surface area contributed by atoms with Crippen molar-refractivity contribution in [3.05, 3.63) is 58.6 Å². The minimum Gasteiger partial charge on any atom is -0.279 e. The molecule has 1 atom stereocenters. The maximum Gasteiger partial charge on any atom is 0.265 e. The summed E-state index contributed by atoms with van der Waals surface area (Å²) in [4.78, 5) is 11.6. The van der Waals surface area contributed by atoms with Crippen molar-refractivity contribution in [2.75, 3.05) is 4.31 Å². The van der Waals surface area contributed by atoms with Crippen molar-refractivity contribution in [2.24, 2.45) is 0 Å². The molecule has 4 nitrogen and oxygen atoms in total. The molecule has 0 aliphatic carbocycles. The fraction of sp³-hybridized carbons (Fsp3) is 0.133. The largest absolute Gasteiger partial charge is 0.279 e. The quantitative estimate of drug-likeness (QED) is 0.711. The van der Waals surface area contributed by atoms with Gasteiger partial charge in [0, 0.05) is 5.02 Å². The summed E-state index contributed by atoms with van der Waals surface area (Å²) in [5.41, 5.74) is 0.172. The van der Waals surface area contributed by atoms with Crippen LogP contribution < -0.4 is 4.31 Å². The second-order valence-electron chi connectivity index (χ2n) is 4.69. The van der Waals surface area contributed by atoms with Gasteiger partial charge in [-0.2, -0.15) is 0 Å². The van der Waals surface area contributed by atoms with E-state index in [0.29, 0.717) is 5.02 Å². The molecule has 0 saturated heterocycles. The topological polar surface area (TPSA) is 54.5 Å². The SMILES string of the molecule is CC(C(=O)Cl)N(c1ccccc1Cl)S(=O)(=O)c1ccc(Cl)cc1. The van der Waals surface area contributed by atoms with Crippen molar-refractivity contribution in [1.29, 1.82) is 0 Å². The lowest BCUT2D eigenvalue weighted by atomic mass is 10.3. The summed E-state index contributed by atoms with van der Waals surface area (Å²) in [6.07, 6.45) is 0.